The van der Waals surface area contributed by atoms with Crippen LogP contribution in [0.3, 0.4) is 0 Å². The van der Waals surface area contributed by atoms with Gasteiger partial charge in [0.25, 0.3) is 5.91 Å². The average molecular weight is 289 g/mol. The van der Waals surface area contributed by atoms with Crippen molar-refractivity contribution in [2.24, 2.45) is 0 Å². The van der Waals surface area contributed by atoms with Gasteiger partial charge in [-0.05, 0) is 37.6 Å². The number of aryl methyl sites for hydroxylation is 1. The fourth-order valence-corrected chi connectivity index (χ4v) is 2.06. The molecule has 5 heteroatoms. The van der Waals surface area contributed by atoms with Gasteiger partial charge in [-0.2, -0.15) is 0 Å². The number of phenols is 1. The predicted octanol–water partition coefficient (Wildman–Crippen LogP) is 2.74. The van der Waals surface area contributed by atoms with Crippen LogP contribution in [0.4, 0.5) is 0 Å². The number of rotatable bonds is 6. The second-order valence-corrected chi connectivity index (χ2v) is 4.85. The third-order valence-corrected chi connectivity index (χ3v) is 3.24. The van der Waals surface area contributed by atoms with Gasteiger partial charge in [-0.1, -0.05) is 6.07 Å². The molecule has 0 aliphatic rings. The number of hydrogen-bond donors (Lipinski definition) is 2. The van der Waals surface area contributed by atoms with Crippen molar-refractivity contribution in [1.29, 1.82) is 0 Å². The van der Waals surface area contributed by atoms with Gasteiger partial charge in [-0.3, -0.25) is 4.79 Å². The number of amides is 1. The molecular formula is C16H19NO4. The van der Waals surface area contributed by atoms with Crippen LogP contribution in [0.2, 0.25) is 0 Å². The van der Waals surface area contributed by atoms with E-state index < -0.39 is 0 Å². The van der Waals surface area contributed by atoms with Crippen molar-refractivity contribution in [1.82, 2.24) is 5.32 Å². The van der Waals surface area contributed by atoms with Crippen LogP contribution in [0.1, 0.15) is 29.5 Å². The number of benzene rings is 1. The summed E-state index contributed by atoms with van der Waals surface area (Å²) in [6.07, 6.45) is 3.13. The Kier molecular flexibility index (Phi) is 4.87. The number of methoxy groups -OCH3 is 1. The Balaban J connectivity index is 1.94. The lowest BCUT2D eigenvalue weighted by Gasteiger charge is -2.14. The van der Waals surface area contributed by atoms with Crippen molar-refractivity contribution in [3.05, 3.63) is 47.9 Å². The lowest BCUT2D eigenvalue weighted by atomic mass is 10.1. The van der Waals surface area contributed by atoms with Crippen LogP contribution in [0.15, 0.2) is 41.0 Å². The molecule has 0 aliphatic heterocycles. The van der Waals surface area contributed by atoms with E-state index in [9.17, 15) is 9.90 Å². The molecule has 0 fully saturated rings. The van der Waals surface area contributed by atoms with Gasteiger partial charge >= 0.3 is 0 Å². The summed E-state index contributed by atoms with van der Waals surface area (Å²) < 4.78 is 10.2. The molecule has 0 spiro atoms. The summed E-state index contributed by atoms with van der Waals surface area (Å²) in [7, 11) is 1.45. The number of phenolic OH excluding ortho intramolecular Hbond substituents is 1. The SMILES string of the molecule is COc1cccc(C(=O)NC(C)CCc2ccco2)c1O. The summed E-state index contributed by atoms with van der Waals surface area (Å²) in [5.74, 6) is 0.709. The topological polar surface area (TPSA) is 71.7 Å². The van der Waals surface area contributed by atoms with Crippen molar-refractivity contribution in [3.63, 3.8) is 0 Å². The summed E-state index contributed by atoms with van der Waals surface area (Å²) in [6, 6.07) is 8.54. The molecule has 0 saturated heterocycles. The molecule has 112 valence electrons. The van der Waals surface area contributed by atoms with Crippen LogP contribution in [-0.4, -0.2) is 24.2 Å². The molecule has 1 atom stereocenters. The van der Waals surface area contributed by atoms with E-state index in [1.165, 1.54) is 7.11 Å². The first-order valence-corrected chi connectivity index (χ1v) is 6.81. The Morgan fingerprint density at radius 1 is 1.38 bits per heavy atom. The Bertz CT molecular complexity index is 592. The van der Waals surface area contributed by atoms with Crippen molar-refractivity contribution in [3.8, 4) is 11.5 Å². The quantitative estimate of drug-likeness (QED) is 0.857. The minimum atomic E-state index is -0.321. The summed E-state index contributed by atoms with van der Waals surface area (Å²) in [6.45, 7) is 1.91. The van der Waals surface area contributed by atoms with Gasteiger partial charge in [-0.15, -0.1) is 0 Å². The van der Waals surface area contributed by atoms with Crippen molar-refractivity contribution in [2.45, 2.75) is 25.8 Å². The first kappa shape index (κ1) is 15.0. The molecule has 0 bridgehead atoms. The summed E-state index contributed by atoms with van der Waals surface area (Å²) in [4.78, 5) is 12.2. The minimum Gasteiger partial charge on any atom is -0.504 e. The molecule has 1 unspecified atom stereocenters. The Hall–Kier alpha value is -2.43. The molecule has 1 aromatic heterocycles. The molecule has 0 saturated carbocycles. The smallest absolute Gasteiger partial charge is 0.255 e. The molecule has 5 nitrogen and oxygen atoms in total. The monoisotopic (exact) mass is 289 g/mol. The number of nitrogens with one attached hydrogen (secondary N) is 1. The maximum Gasteiger partial charge on any atom is 0.255 e. The molecule has 2 N–H and O–H groups in total. The summed E-state index contributed by atoms with van der Waals surface area (Å²) >= 11 is 0. The van der Waals surface area contributed by atoms with E-state index in [1.54, 1.807) is 24.5 Å². The van der Waals surface area contributed by atoms with Gasteiger partial charge in [0.2, 0.25) is 0 Å². The molecular weight excluding hydrogens is 270 g/mol. The van der Waals surface area contributed by atoms with E-state index >= 15 is 0 Å². The fraction of sp³-hybridized carbons (Fsp3) is 0.312. The predicted molar refractivity (Wildman–Crippen MR) is 78.6 cm³/mol. The number of aromatic hydroxyl groups is 1. The van der Waals surface area contributed by atoms with Crippen LogP contribution in [0, 0.1) is 0 Å². The van der Waals surface area contributed by atoms with Crippen LogP contribution in [0.25, 0.3) is 0 Å². The summed E-state index contributed by atoms with van der Waals surface area (Å²) in [5, 5.41) is 12.8. The third-order valence-electron chi connectivity index (χ3n) is 3.24. The normalized spacial score (nSPS) is 11.9. The zero-order valence-electron chi connectivity index (χ0n) is 12.1. The zero-order valence-corrected chi connectivity index (χ0v) is 12.1. The highest BCUT2D eigenvalue weighted by Gasteiger charge is 2.16. The Morgan fingerprint density at radius 2 is 2.19 bits per heavy atom. The van der Waals surface area contributed by atoms with E-state index in [4.69, 9.17) is 9.15 Å². The first-order valence-electron chi connectivity index (χ1n) is 6.81. The minimum absolute atomic E-state index is 0.0341. The lowest BCUT2D eigenvalue weighted by molar-refractivity contribution is 0.0935. The molecule has 0 aliphatic carbocycles. The van der Waals surface area contributed by atoms with Gasteiger partial charge in [0, 0.05) is 12.5 Å². The van der Waals surface area contributed by atoms with E-state index in [2.05, 4.69) is 5.32 Å². The number of furan rings is 1. The molecule has 1 aromatic carbocycles. The Labute approximate surface area is 123 Å². The van der Waals surface area contributed by atoms with Crippen LogP contribution < -0.4 is 10.1 Å². The highest BCUT2D eigenvalue weighted by Crippen LogP contribution is 2.29. The van der Waals surface area contributed by atoms with Gasteiger partial charge in [0.05, 0.1) is 18.9 Å². The van der Waals surface area contributed by atoms with E-state index in [1.807, 2.05) is 19.1 Å². The number of carbonyl (C=O) groups excluding carboxylic acids is 1. The highest BCUT2D eigenvalue weighted by molar-refractivity contribution is 5.97. The molecule has 21 heavy (non-hydrogen) atoms. The zero-order chi connectivity index (χ0) is 15.2. The van der Waals surface area contributed by atoms with Gasteiger partial charge in [-0.25, -0.2) is 0 Å². The van der Waals surface area contributed by atoms with E-state index in [0.717, 1.165) is 18.6 Å². The van der Waals surface area contributed by atoms with Crippen molar-refractivity contribution in [2.75, 3.05) is 7.11 Å². The van der Waals surface area contributed by atoms with Crippen LogP contribution >= 0.6 is 0 Å². The molecule has 1 heterocycles. The number of carbonyl (C=O) groups is 1. The third kappa shape index (κ3) is 3.78. The first-order chi connectivity index (χ1) is 10.1. The van der Waals surface area contributed by atoms with Gasteiger partial charge in [0.15, 0.2) is 11.5 Å². The number of ether oxygens (including phenoxy) is 1. The van der Waals surface area contributed by atoms with E-state index in [-0.39, 0.29) is 29.0 Å². The number of hydrogen-bond acceptors (Lipinski definition) is 4. The molecule has 2 rings (SSSR count). The second kappa shape index (κ2) is 6.83. The highest BCUT2D eigenvalue weighted by atomic mass is 16.5. The second-order valence-electron chi connectivity index (χ2n) is 4.85. The Morgan fingerprint density at radius 3 is 2.86 bits per heavy atom. The molecule has 1 amide bonds. The lowest BCUT2D eigenvalue weighted by Crippen LogP contribution is -2.32. The van der Waals surface area contributed by atoms with Crippen molar-refractivity contribution < 1.29 is 19.1 Å². The maximum atomic E-state index is 12.2. The molecule has 2 aromatic rings. The fourth-order valence-electron chi connectivity index (χ4n) is 2.06. The van der Waals surface area contributed by atoms with Gasteiger partial charge < -0.3 is 19.6 Å². The summed E-state index contributed by atoms with van der Waals surface area (Å²) in [5.41, 5.74) is 0.208. The van der Waals surface area contributed by atoms with Gasteiger partial charge in [0.1, 0.15) is 5.76 Å². The number of para-hydroxylation sites is 1. The molecule has 0 radical (unpaired) electrons. The standard InChI is InChI=1S/C16H19NO4/c1-11(8-9-12-5-4-10-21-12)17-16(19)13-6-3-7-14(20-2)15(13)18/h3-7,10-11,18H,8-9H2,1-2H3,(H,17,19). The van der Waals surface area contributed by atoms with Crippen LogP contribution in [-0.2, 0) is 6.42 Å². The van der Waals surface area contributed by atoms with Crippen LogP contribution in [0.5, 0.6) is 11.5 Å². The van der Waals surface area contributed by atoms with E-state index in [0.29, 0.717) is 0 Å². The average Bonchev–Trinajstić information content (AvgIpc) is 2.98. The largest absolute Gasteiger partial charge is 0.504 e. The maximum absolute atomic E-state index is 12.2. The van der Waals surface area contributed by atoms with Crippen molar-refractivity contribution >= 4 is 5.91 Å².